The van der Waals surface area contributed by atoms with Crippen molar-refractivity contribution in [2.75, 3.05) is 0 Å². The molecule has 0 aromatic carbocycles. The highest BCUT2D eigenvalue weighted by atomic mass is 19.1. The molecule has 0 radical (unpaired) electrons. The van der Waals surface area contributed by atoms with Gasteiger partial charge in [-0.05, 0) is 57.5 Å². The normalized spacial score (nSPS) is 11.5. The molecule has 10 heteroatoms. The number of pyridine rings is 3. The number of hydrogen-bond acceptors (Lipinski definition) is 7. The van der Waals surface area contributed by atoms with E-state index in [1.807, 2.05) is 6.92 Å². The predicted octanol–water partition coefficient (Wildman–Crippen LogP) is 3.79. The Morgan fingerprint density at radius 3 is 2.51 bits per heavy atom. The molecule has 0 aliphatic carbocycles. The van der Waals surface area contributed by atoms with Crippen molar-refractivity contribution < 1.29 is 18.6 Å². The Balaban J connectivity index is 1.73. The van der Waals surface area contributed by atoms with E-state index in [2.05, 4.69) is 19.9 Å². The van der Waals surface area contributed by atoms with E-state index >= 15 is 0 Å². The van der Waals surface area contributed by atoms with Gasteiger partial charge in [0.25, 0.3) is 5.56 Å². The lowest BCUT2D eigenvalue weighted by Crippen LogP contribution is -2.23. The minimum absolute atomic E-state index is 0.0229. The molecule has 4 aromatic heterocycles. The van der Waals surface area contributed by atoms with Gasteiger partial charge in [0.05, 0.1) is 23.3 Å². The van der Waals surface area contributed by atoms with Gasteiger partial charge in [0.1, 0.15) is 23.7 Å². The van der Waals surface area contributed by atoms with E-state index in [4.69, 9.17) is 4.74 Å². The average Bonchev–Trinajstić information content (AvgIpc) is 2.80. The van der Waals surface area contributed by atoms with E-state index in [1.165, 1.54) is 16.8 Å². The number of hydrogen-bond donors (Lipinski definition) is 1. The summed E-state index contributed by atoms with van der Waals surface area (Å²) in [4.78, 5) is 30.0. The molecular weight excluding hydrogens is 456 g/mol. The van der Waals surface area contributed by atoms with E-state index in [1.54, 1.807) is 45.2 Å². The van der Waals surface area contributed by atoms with Gasteiger partial charge >= 0.3 is 0 Å². The molecule has 35 heavy (non-hydrogen) atoms. The molecule has 0 unspecified atom stereocenters. The molecule has 0 bridgehead atoms. The highest BCUT2D eigenvalue weighted by Crippen LogP contribution is 2.24. The number of aryl methyl sites for hydroxylation is 2. The number of ether oxygens (including phenoxy) is 1. The smallest absolute Gasteiger partial charge is 0.297 e. The first kappa shape index (κ1) is 24.1. The van der Waals surface area contributed by atoms with Crippen LogP contribution in [0.15, 0.2) is 53.7 Å². The molecule has 0 saturated heterocycles. The number of halogens is 2. The second kappa shape index (κ2) is 9.30. The summed E-state index contributed by atoms with van der Waals surface area (Å²) in [5.41, 5.74) is 1.05. The van der Waals surface area contributed by atoms with Crippen LogP contribution in [0.1, 0.15) is 36.6 Å². The van der Waals surface area contributed by atoms with Crippen molar-refractivity contribution in [1.29, 1.82) is 0 Å². The molecule has 0 fully saturated rings. The lowest BCUT2D eigenvalue weighted by molar-refractivity contribution is 0.0688. The van der Waals surface area contributed by atoms with Gasteiger partial charge in [-0.25, -0.2) is 18.7 Å². The summed E-state index contributed by atoms with van der Waals surface area (Å²) >= 11 is 0. The third-order valence-corrected chi connectivity index (χ3v) is 5.27. The number of nitrogens with zero attached hydrogens (tertiary/aromatic N) is 5. The minimum Gasteiger partial charge on any atom is -0.481 e. The van der Waals surface area contributed by atoms with Crippen LogP contribution in [0.2, 0.25) is 0 Å². The Morgan fingerprint density at radius 1 is 1.03 bits per heavy atom. The molecule has 4 rings (SSSR count). The van der Waals surface area contributed by atoms with Crippen molar-refractivity contribution >= 4 is 0 Å². The molecule has 0 aliphatic heterocycles. The van der Waals surface area contributed by atoms with E-state index in [9.17, 15) is 18.7 Å². The van der Waals surface area contributed by atoms with Crippen LogP contribution >= 0.6 is 0 Å². The van der Waals surface area contributed by atoms with Crippen molar-refractivity contribution in [2.24, 2.45) is 0 Å². The molecule has 180 valence electrons. The topological polar surface area (TPSA) is 103 Å². The van der Waals surface area contributed by atoms with Gasteiger partial charge in [-0.3, -0.25) is 19.3 Å². The summed E-state index contributed by atoms with van der Waals surface area (Å²) in [6, 6.07) is 7.27. The number of aliphatic hydroxyl groups is 1. The van der Waals surface area contributed by atoms with Crippen LogP contribution in [0.4, 0.5) is 8.78 Å². The number of rotatable bonds is 6. The van der Waals surface area contributed by atoms with E-state index in [0.29, 0.717) is 28.8 Å². The molecule has 0 aliphatic rings. The van der Waals surface area contributed by atoms with Gasteiger partial charge in [-0.15, -0.1) is 0 Å². The highest BCUT2D eigenvalue weighted by Gasteiger charge is 2.21. The maximum atomic E-state index is 13.9. The largest absolute Gasteiger partial charge is 0.481 e. The standard InChI is InChI=1S/C25H23F2N5O3/c1-14-11-29-19(18-7-8-28-24(31-18)25(3,4)34)10-21(14)32-15(2)5-6-22(23(32)33)35-13-20-17(27)9-16(26)12-30-20/h5-12,34H,13H2,1-4H3. The van der Waals surface area contributed by atoms with Crippen LogP contribution < -0.4 is 10.3 Å². The maximum absolute atomic E-state index is 13.9. The molecule has 0 atom stereocenters. The number of aromatic nitrogens is 5. The van der Waals surface area contributed by atoms with Gasteiger partial charge in [0.2, 0.25) is 0 Å². The van der Waals surface area contributed by atoms with Crippen molar-refractivity contribution in [3.8, 4) is 22.8 Å². The Bertz CT molecular complexity index is 1460. The Kier molecular flexibility index (Phi) is 6.40. The lowest BCUT2D eigenvalue weighted by Gasteiger charge is -2.17. The summed E-state index contributed by atoms with van der Waals surface area (Å²) in [5.74, 6) is -1.44. The SMILES string of the molecule is Cc1cnc(-c2ccnc(C(C)(C)O)n2)cc1-n1c(C)ccc(OCc2ncc(F)cc2F)c1=O. The van der Waals surface area contributed by atoms with E-state index < -0.39 is 22.8 Å². The zero-order chi connectivity index (χ0) is 25.3. The molecule has 0 spiro atoms. The third-order valence-electron chi connectivity index (χ3n) is 5.27. The van der Waals surface area contributed by atoms with Gasteiger partial charge < -0.3 is 9.84 Å². The fourth-order valence-electron chi connectivity index (χ4n) is 3.41. The van der Waals surface area contributed by atoms with Gasteiger partial charge in [-0.1, -0.05) is 0 Å². The Hall–Kier alpha value is -4.05. The maximum Gasteiger partial charge on any atom is 0.297 e. The van der Waals surface area contributed by atoms with Crippen molar-refractivity contribution in [1.82, 2.24) is 24.5 Å². The predicted molar refractivity (Wildman–Crippen MR) is 124 cm³/mol. The van der Waals surface area contributed by atoms with Crippen molar-refractivity contribution in [2.45, 2.75) is 39.9 Å². The summed E-state index contributed by atoms with van der Waals surface area (Å²) in [6.45, 7) is 6.41. The molecule has 0 amide bonds. The second-order valence-electron chi connectivity index (χ2n) is 8.53. The molecule has 0 saturated carbocycles. The average molecular weight is 479 g/mol. The first-order valence-corrected chi connectivity index (χ1v) is 10.7. The fourth-order valence-corrected chi connectivity index (χ4v) is 3.41. The summed E-state index contributed by atoms with van der Waals surface area (Å²) in [5, 5.41) is 10.3. The van der Waals surface area contributed by atoms with Crippen LogP contribution in [0.25, 0.3) is 17.1 Å². The quantitative estimate of drug-likeness (QED) is 0.449. The summed E-state index contributed by atoms with van der Waals surface area (Å²) < 4.78 is 34.0. The van der Waals surface area contributed by atoms with E-state index in [0.717, 1.165) is 11.8 Å². The van der Waals surface area contributed by atoms with Gasteiger partial charge in [0, 0.05) is 24.2 Å². The zero-order valence-electron chi connectivity index (χ0n) is 19.6. The van der Waals surface area contributed by atoms with Crippen LogP contribution in [-0.4, -0.2) is 29.6 Å². The Labute approximate surface area is 200 Å². The lowest BCUT2D eigenvalue weighted by atomic mass is 10.1. The highest BCUT2D eigenvalue weighted by molar-refractivity contribution is 5.59. The molecule has 4 aromatic rings. The van der Waals surface area contributed by atoms with Crippen LogP contribution in [0.5, 0.6) is 5.75 Å². The first-order valence-electron chi connectivity index (χ1n) is 10.7. The summed E-state index contributed by atoms with van der Waals surface area (Å²) in [6.07, 6.45) is 4.03. The third kappa shape index (κ3) is 5.07. The molecule has 8 nitrogen and oxygen atoms in total. The first-order chi connectivity index (χ1) is 16.5. The van der Waals surface area contributed by atoms with Crippen LogP contribution in [0.3, 0.4) is 0 Å². The summed E-state index contributed by atoms with van der Waals surface area (Å²) in [7, 11) is 0. The van der Waals surface area contributed by atoms with Crippen molar-refractivity contribution in [3.63, 3.8) is 0 Å². The Morgan fingerprint density at radius 2 is 1.80 bits per heavy atom. The molecule has 4 heterocycles. The second-order valence-corrected chi connectivity index (χ2v) is 8.53. The zero-order valence-corrected chi connectivity index (χ0v) is 19.6. The van der Waals surface area contributed by atoms with Gasteiger partial charge in [0.15, 0.2) is 17.4 Å². The monoisotopic (exact) mass is 479 g/mol. The van der Waals surface area contributed by atoms with Crippen LogP contribution in [0, 0.1) is 25.5 Å². The fraction of sp³-hybridized carbons (Fsp3) is 0.240. The molecule has 1 N–H and O–H groups in total. The molecular formula is C25H23F2N5O3. The van der Waals surface area contributed by atoms with E-state index in [-0.39, 0.29) is 23.9 Å². The van der Waals surface area contributed by atoms with Gasteiger partial charge in [-0.2, -0.15) is 0 Å². The van der Waals surface area contributed by atoms with Crippen LogP contribution in [-0.2, 0) is 12.2 Å². The minimum atomic E-state index is -1.23. The van der Waals surface area contributed by atoms with Crippen molar-refractivity contribution in [3.05, 3.63) is 93.7 Å².